The summed E-state index contributed by atoms with van der Waals surface area (Å²) < 4.78 is 0. The standard InChI is InChI=1S/C24H26N2O3/c27-22(25-16-15-18-9-3-1-4-10-18)17-26-21-14-8-7-13-20(21)24(29,23(26)28)19-11-5-2-6-12-19/h2,5-9,11-14,29H,1,3-4,10,15-17H2,(H,25,27)/t24-/m1/s1. The van der Waals surface area contributed by atoms with Crippen LogP contribution in [0.25, 0.3) is 0 Å². The van der Waals surface area contributed by atoms with Gasteiger partial charge in [0.25, 0.3) is 5.91 Å². The Bertz CT molecular complexity index is 938. The first-order valence-electron chi connectivity index (χ1n) is 10.2. The zero-order valence-electron chi connectivity index (χ0n) is 16.4. The van der Waals surface area contributed by atoms with Crippen molar-refractivity contribution in [3.05, 3.63) is 77.4 Å². The highest BCUT2D eigenvalue weighted by Gasteiger charge is 2.51. The van der Waals surface area contributed by atoms with E-state index >= 15 is 0 Å². The maximum Gasteiger partial charge on any atom is 0.268 e. The van der Waals surface area contributed by atoms with Crippen molar-refractivity contribution >= 4 is 17.5 Å². The Morgan fingerprint density at radius 1 is 1.07 bits per heavy atom. The monoisotopic (exact) mass is 390 g/mol. The van der Waals surface area contributed by atoms with E-state index in [-0.39, 0.29) is 12.5 Å². The quantitative estimate of drug-likeness (QED) is 0.744. The van der Waals surface area contributed by atoms with E-state index in [1.54, 1.807) is 42.5 Å². The number of hydrogen-bond donors (Lipinski definition) is 2. The van der Waals surface area contributed by atoms with Crippen LogP contribution in [-0.2, 0) is 15.2 Å². The van der Waals surface area contributed by atoms with Crippen molar-refractivity contribution in [2.45, 2.75) is 37.7 Å². The summed E-state index contributed by atoms with van der Waals surface area (Å²) in [7, 11) is 0. The van der Waals surface area contributed by atoms with Crippen LogP contribution >= 0.6 is 0 Å². The summed E-state index contributed by atoms with van der Waals surface area (Å²) in [5.41, 5.74) is 1.22. The highest BCUT2D eigenvalue weighted by molar-refractivity contribution is 6.11. The summed E-state index contributed by atoms with van der Waals surface area (Å²) in [5, 5.41) is 14.3. The summed E-state index contributed by atoms with van der Waals surface area (Å²) >= 11 is 0. The summed E-state index contributed by atoms with van der Waals surface area (Å²) in [6.07, 6.45) is 7.83. The van der Waals surface area contributed by atoms with Gasteiger partial charge >= 0.3 is 0 Å². The number of hydrogen-bond acceptors (Lipinski definition) is 3. The molecule has 0 radical (unpaired) electrons. The van der Waals surface area contributed by atoms with Gasteiger partial charge in [-0.1, -0.05) is 60.2 Å². The number of nitrogens with one attached hydrogen (secondary N) is 1. The Kier molecular flexibility index (Phi) is 5.49. The van der Waals surface area contributed by atoms with Crippen LogP contribution in [0.1, 0.15) is 43.2 Å². The molecular weight excluding hydrogens is 364 g/mol. The predicted molar refractivity (Wildman–Crippen MR) is 112 cm³/mol. The molecule has 0 spiro atoms. The van der Waals surface area contributed by atoms with Crippen molar-refractivity contribution in [1.82, 2.24) is 5.32 Å². The maximum atomic E-state index is 13.2. The van der Waals surface area contributed by atoms with Crippen LogP contribution in [-0.4, -0.2) is 30.0 Å². The molecule has 0 saturated carbocycles. The lowest BCUT2D eigenvalue weighted by Gasteiger charge is -2.23. The number of rotatable bonds is 6. The number of fused-ring (bicyclic) bond motifs is 1. The lowest BCUT2D eigenvalue weighted by Crippen LogP contribution is -2.45. The number of carbonyl (C=O) groups is 2. The molecule has 2 N–H and O–H groups in total. The number of carbonyl (C=O) groups excluding carboxylic acids is 2. The third-order valence-corrected chi connectivity index (χ3v) is 5.79. The molecule has 2 aromatic rings. The predicted octanol–water partition coefficient (Wildman–Crippen LogP) is 3.28. The van der Waals surface area contributed by atoms with Crippen LogP contribution in [0.4, 0.5) is 5.69 Å². The van der Waals surface area contributed by atoms with E-state index in [2.05, 4.69) is 11.4 Å². The van der Waals surface area contributed by atoms with Crippen LogP contribution in [0.2, 0.25) is 0 Å². The third kappa shape index (κ3) is 3.70. The molecule has 2 amide bonds. The molecule has 150 valence electrons. The van der Waals surface area contributed by atoms with E-state index in [9.17, 15) is 14.7 Å². The topological polar surface area (TPSA) is 69.6 Å². The molecule has 0 bridgehead atoms. The Morgan fingerprint density at radius 2 is 1.83 bits per heavy atom. The van der Waals surface area contributed by atoms with E-state index in [0.29, 0.717) is 23.4 Å². The number of aliphatic hydroxyl groups is 1. The van der Waals surface area contributed by atoms with Gasteiger partial charge in [-0.05, 0) is 43.7 Å². The van der Waals surface area contributed by atoms with Gasteiger partial charge in [-0.3, -0.25) is 14.5 Å². The zero-order valence-corrected chi connectivity index (χ0v) is 16.4. The zero-order chi connectivity index (χ0) is 20.3. The van der Waals surface area contributed by atoms with Gasteiger partial charge in [0.2, 0.25) is 5.91 Å². The molecule has 0 unspecified atom stereocenters. The first-order valence-corrected chi connectivity index (χ1v) is 10.2. The van der Waals surface area contributed by atoms with E-state index < -0.39 is 11.5 Å². The molecule has 1 heterocycles. The number of para-hydroxylation sites is 1. The summed E-state index contributed by atoms with van der Waals surface area (Å²) in [6.45, 7) is 0.460. The van der Waals surface area contributed by atoms with Gasteiger partial charge < -0.3 is 10.4 Å². The van der Waals surface area contributed by atoms with Gasteiger partial charge in [-0.15, -0.1) is 0 Å². The number of nitrogens with zero attached hydrogens (tertiary/aromatic N) is 1. The Morgan fingerprint density at radius 3 is 2.59 bits per heavy atom. The summed E-state index contributed by atoms with van der Waals surface area (Å²) in [5.74, 6) is -0.711. The number of benzene rings is 2. The van der Waals surface area contributed by atoms with E-state index in [1.165, 1.54) is 23.3 Å². The third-order valence-electron chi connectivity index (χ3n) is 5.79. The Labute approximate surface area is 171 Å². The Balaban J connectivity index is 1.48. The van der Waals surface area contributed by atoms with Crippen molar-refractivity contribution in [1.29, 1.82) is 0 Å². The summed E-state index contributed by atoms with van der Waals surface area (Å²) in [4.78, 5) is 27.2. The molecule has 0 aromatic heterocycles. The molecule has 0 saturated heterocycles. The normalized spacial score (nSPS) is 20.9. The number of allylic oxidation sites excluding steroid dienone is 1. The fraction of sp³-hybridized carbons (Fsp3) is 0.333. The first kappa shape index (κ1) is 19.4. The second-order valence-corrected chi connectivity index (χ2v) is 7.69. The second kappa shape index (κ2) is 8.21. The molecule has 1 atom stereocenters. The van der Waals surface area contributed by atoms with Gasteiger partial charge in [-0.25, -0.2) is 0 Å². The van der Waals surface area contributed by atoms with E-state index in [4.69, 9.17) is 0 Å². The largest absolute Gasteiger partial charge is 0.372 e. The van der Waals surface area contributed by atoms with Crippen LogP contribution in [0, 0.1) is 0 Å². The highest BCUT2D eigenvalue weighted by Crippen LogP contribution is 2.44. The minimum atomic E-state index is -1.77. The van der Waals surface area contributed by atoms with Gasteiger partial charge in [0.1, 0.15) is 6.54 Å². The molecule has 2 aliphatic rings. The molecule has 5 nitrogen and oxygen atoms in total. The lowest BCUT2D eigenvalue weighted by molar-refractivity contribution is -0.133. The van der Waals surface area contributed by atoms with Gasteiger partial charge in [0, 0.05) is 12.1 Å². The molecule has 29 heavy (non-hydrogen) atoms. The molecule has 2 aromatic carbocycles. The van der Waals surface area contributed by atoms with Gasteiger partial charge in [-0.2, -0.15) is 0 Å². The summed E-state index contributed by atoms with van der Waals surface area (Å²) in [6, 6.07) is 16.0. The van der Waals surface area contributed by atoms with Crippen LogP contribution < -0.4 is 10.2 Å². The lowest BCUT2D eigenvalue weighted by atomic mass is 9.88. The SMILES string of the molecule is O=C(CN1C(=O)[C@@](O)(c2ccccc2)c2ccccc21)NCCC1=CCCCC1. The van der Waals surface area contributed by atoms with Gasteiger partial charge in [0.15, 0.2) is 5.60 Å². The first-order chi connectivity index (χ1) is 14.1. The molecule has 0 fully saturated rings. The Hall–Kier alpha value is -2.92. The molecular formula is C24H26N2O3. The minimum absolute atomic E-state index is 0.107. The van der Waals surface area contributed by atoms with E-state index in [1.807, 2.05) is 12.1 Å². The van der Waals surface area contributed by atoms with Crippen molar-refractivity contribution in [2.75, 3.05) is 18.0 Å². The minimum Gasteiger partial charge on any atom is -0.372 e. The van der Waals surface area contributed by atoms with Crippen LogP contribution in [0.3, 0.4) is 0 Å². The molecule has 1 aliphatic heterocycles. The van der Waals surface area contributed by atoms with Crippen molar-refractivity contribution in [3.8, 4) is 0 Å². The maximum absolute atomic E-state index is 13.2. The number of anilines is 1. The average Bonchev–Trinajstić information content (AvgIpc) is 2.98. The fourth-order valence-electron chi connectivity index (χ4n) is 4.24. The van der Waals surface area contributed by atoms with Crippen molar-refractivity contribution in [3.63, 3.8) is 0 Å². The fourth-order valence-corrected chi connectivity index (χ4v) is 4.24. The smallest absolute Gasteiger partial charge is 0.268 e. The highest BCUT2D eigenvalue weighted by atomic mass is 16.3. The van der Waals surface area contributed by atoms with E-state index in [0.717, 1.165) is 19.3 Å². The van der Waals surface area contributed by atoms with Gasteiger partial charge in [0.05, 0.1) is 5.69 Å². The van der Waals surface area contributed by atoms with Crippen LogP contribution in [0.5, 0.6) is 0 Å². The molecule has 4 rings (SSSR count). The molecule has 5 heteroatoms. The van der Waals surface area contributed by atoms with Crippen LogP contribution in [0.15, 0.2) is 66.2 Å². The molecule has 1 aliphatic carbocycles. The second-order valence-electron chi connectivity index (χ2n) is 7.69. The average molecular weight is 390 g/mol. The van der Waals surface area contributed by atoms with Crippen molar-refractivity contribution in [2.24, 2.45) is 0 Å². The number of amides is 2. The van der Waals surface area contributed by atoms with Crippen molar-refractivity contribution < 1.29 is 14.7 Å².